The number of ether oxygens (including phenoxy) is 1. The Morgan fingerprint density at radius 2 is 2.21 bits per heavy atom. The van der Waals surface area contributed by atoms with Crippen molar-refractivity contribution in [3.05, 3.63) is 21.4 Å². The molecule has 1 heterocycles. The molecule has 0 saturated carbocycles. The van der Waals surface area contributed by atoms with Gasteiger partial charge in [-0.15, -0.1) is 11.3 Å². The zero-order valence-corrected chi connectivity index (χ0v) is 12.4. The molecule has 0 spiro atoms. The predicted molar refractivity (Wildman–Crippen MR) is 74.5 cm³/mol. The van der Waals surface area contributed by atoms with Gasteiger partial charge in [0.2, 0.25) is 0 Å². The maximum absolute atomic E-state index is 12.3. The van der Waals surface area contributed by atoms with Gasteiger partial charge in [0, 0.05) is 18.5 Å². The number of aryl methyl sites for hydroxylation is 2. The third kappa shape index (κ3) is 2.97. The highest BCUT2D eigenvalue weighted by atomic mass is 32.1. The molecule has 0 aromatic carbocycles. The predicted octanol–water partition coefficient (Wildman–Crippen LogP) is 2.12. The van der Waals surface area contributed by atoms with Crippen molar-refractivity contribution in [2.75, 3.05) is 20.7 Å². The molecule has 104 valence electrons. The van der Waals surface area contributed by atoms with Crippen LogP contribution < -0.4 is 0 Å². The summed E-state index contributed by atoms with van der Waals surface area (Å²) in [4.78, 5) is 27.4. The molecule has 1 aliphatic rings. The van der Waals surface area contributed by atoms with Crippen LogP contribution in [0.4, 0.5) is 0 Å². The summed E-state index contributed by atoms with van der Waals surface area (Å²) in [5, 5.41) is 0. The number of thiophene rings is 1. The first-order chi connectivity index (χ1) is 9.02. The van der Waals surface area contributed by atoms with Crippen molar-refractivity contribution in [1.29, 1.82) is 0 Å². The van der Waals surface area contributed by atoms with Gasteiger partial charge in [0.05, 0.1) is 17.9 Å². The second kappa shape index (κ2) is 5.74. The first kappa shape index (κ1) is 14.1. The monoisotopic (exact) mass is 281 g/mol. The van der Waals surface area contributed by atoms with Crippen molar-refractivity contribution in [3.63, 3.8) is 0 Å². The van der Waals surface area contributed by atoms with E-state index >= 15 is 0 Å². The summed E-state index contributed by atoms with van der Waals surface area (Å²) in [5.74, 6) is -0.589. The highest BCUT2D eigenvalue weighted by molar-refractivity contribution is 7.14. The van der Waals surface area contributed by atoms with Crippen molar-refractivity contribution in [2.24, 2.45) is 5.92 Å². The molecule has 4 nitrogen and oxygen atoms in total. The fraction of sp³-hybridized carbons (Fsp3) is 0.571. The van der Waals surface area contributed by atoms with Gasteiger partial charge in [0.15, 0.2) is 0 Å². The normalized spacial score (nSPS) is 14.9. The number of methoxy groups -OCH3 is 1. The Kier molecular flexibility index (Phi) is 4.24. The fourth-order valence-electron chi connectivity index (χ4n) is 2.39. The van der Waals surface area contributed by atoms with E-state index in [1.807, 2.05) is 6.07 Å². The van der Waals surface area contributed by atoms with E-state index in [9.17, 15) is 9.59 Å². The van der Waals surface area contributed by atoms with Crippen LogP contribution in [0, 0.1) is 5.92 Å². The molecule has 0 radical (unpaired) electrons. The van der Waals surface area contributed by atoms with Gasteiger partial charge in [-0.3, -0.25) is 9.59 Å². The molecule has 1 amide bonds. The Morgan fingerprint density at radius 1 is 1.47 bits per heavy atom. The van der Waals surface area contributed by atoms with Crippen LogP contribution in [0.1, 0.15) is 33.5 Å². The molecule has 0 bridgehead atoms. The second-order valence-corrected chi connectivity index (χ2v) is 6.16. The van der Waals surface area contributed by atoms with Gasteiger partial charge in [-0.1, -0.05) is 6.92 Å². The van der Waals surface area contributed by atoms with Crippen LogP contribution in [0.3, 0.4) is 0 Å². The van der Waals surface area contributed by atoms with Crippen LogP contribution in [0.2, 0.25) is 0 Å². The number of hydrogen-bond acceptors (Lipinski definition) is 4. The topological polar surface area (TPSA) is 46.6 Å². The third-order valence-corrected chi connectivity index (χ3v) is 4.68. The largest absolute Gasteiger partial charge is 0.469 e. The summed E-state index contributed by atoms with van der Waals surface area (Å²) in [6.45, 7) is 2.15. The van der Waals surface area contributed by atoms with Crippen LogP contribution >= 0.6 is 11.3 Å². The maximum Gasteiger partial charge on any atom is 0.310 e. The van der Waals surface area contributed by atoms with Gasteiger partial charge in [0.25, 0.3) is 5.91 Å². The van der Waals surface area contributed by atoms with Crippen molar-refractivity contribution in [1.82, 2.24) is 4.90 Å². The lowest BCUT2D eigenvalue weighted by Crippen LogP contribution is -2.33. The SMILES string of the molecule is COC(=O)C(C)CN(C)C(=O)c1cc2c(s1)CCC2. The minimum Gasteiger partial charge on any atom is -0.469 e. The summed E-state index contributed by atoms with van der Waals surface area (Å²) < 4.78 is 4.67. The van der Waals surface area contributed by atoms with Crippen LogP contribution in [0.25, 0.3) is 0 Å². The molecule has 0 aliphatic heterocycles. The Morgan fingerprint density at radius 3 is 2.84 bits per heavy atom. The Labute approximate surface area is 117 Å². The molecule has 1 atom stereocenters. The van der Waals surface area contributed by atoms with E-state index in [0.29, 0.717) is 6.54 Å². The van der Waals surface area contributed by atoms with E-state index in [-0.39, 0.29) is 17.8 Å². The third-order valence-electron chi connectivity index (χ3n) is 3.46. The number of amides is 1. The Balaban J connectivity index is 2.00. The van der Waals surface area contributed by atoms with Crippen molar-refractivity contribution >= 4 is 23.2 Å². The number of carbonyl (C=O) groups is 2. The zero-order valence-electron chi connectivity index (χ0n) is 11.6. The number of nitrogens with zero attached hydrogens (tertiary/aromatic N) is 1. The number of fused-ring (bicyclic) bond motifs is 1. The van der Waals surface area contributed by atoms with Gasteiger partial charge in [-0.25, -0.2) is 0 Å². The summed E-state index contributed by atoms with van der Waals surface area (Å²) in [5.41, 5.74) is 1.32. The minimum atomic E-state index is -0.300. The summed E-state index contributed by atoms with van der Waals surface area (Å²) >= 11 is 1.59. The quantitative estimate of drug-likeness (QED) is 0.794. The average molecular weight is 281 g/mol. The molecule has 0 N–H and O–H groups in total. The molecule has 1 aliphatic carbocycles. The Hall–Kier alpha value is -1.36. The fourth-order valence-corrected chi connectivity index (χ4v) is 3.64. The van der Waals surface area contributed by atoms with Gasteiger partial charge in [-0.2, -0.15) is 0 Å². The maximum atomic E-state index is 12.3. The summed E-state index contributed by atoms with van der Waals surface area (Å²) in [6.07, 6.45) is 3.38. The standard InChI is InChI=1S/C14H19NO3S/c1-9(14(17)18-3)8-15(2)13(16)12-7-10-5-4-6-11(10)19-12/h7,9H,4-6,8H2,1-3H3. The van der Waals surface area contributed by atoms with Crippen molar-refractivity contribution in [3.8, 4) is 0 Å². The van der Waals surface area contributed by atoms with E-state index in [2.05, 4.69) is 4.74 Å². The van der Waals surface area contributed by atoms with Gasteiger partial charge < -0.3 is 9.64 Å². The van der Waals surface area contributed by atoms with Gasteiger partial charge >= 0.3 is 5.97 Å². The summed E-state index contributed by atoms with van der Waals surface area (Å²) in [7, 11) is 3.09. The van der Waals surface area contributed by atoms with E-state index in [4.69, 9.17) is 0 Å². The number of esters is 1. The molecular formula is C14H19NO3S. The van der Waals surface area contributed by atoms with Crippen LogP contribution in [0.15, 0.2) is 6.07 Å². The second-order valence-electron chi connectivity index (χ2n) is 5.02. The number of rotatable bonds is 4. The number of hydrogen-bond donors (Lipinski definition) is 0. The van der Waals surface area contributed by atoms with E-state index in [1.54, 1.807) is 30.2 Å². The first-order valence-electron chi connectivity index (χ1n) is 6.47. The number of carbonyl (C=O) groups excluding carboxylic acids is 2. The summed E-state index contributed by atoms with van der Waals surface area (Å²) in [6, 6.07) is 2.01. The lowest BCUT2D eigenvalue weighted by atomic mass is 10.1. The molecule has 1 unspecified atom stereocenters. The van der Waals surface area contributed by atoms with Gasteiger partial charge in [0.1, 0.15) is 0 Å². The zero-order chi connectivity index (χ0) is 14.0. The van der Waals surface area contributed by atoms with Crippen LogP contribution in [0.5, 0.6) is 0 Å². The average Bonchev–Trinajstić information content (AvgIpc) is 2.97. The lowest BCUT2D eigenvalue weighted by Gasteiger charge is -2.19. The first-order valence-corrected chi connectivity index (χ1v) is 7.29. The van der Waals surface area contributed by atoms with E-state index in [0.717, 1.165) is 17.7 Å². The smallest absolute Gasteiger partial charge is 0.310 e. The highest BCUT2D eigenvalue weighted by Crippen LogP contribution is 2.31. The van der Waals surface area contributed by atoms with Crippen LogP contribution in [-0.2, 0) is 22.4 Å². The van der Waals surface area contributed by atoms with Gasteiger partial charge in [-0.05, 0) is 30.9 Å². The minimum absolute atomic E-state index is 0.00449. The van der Waals surface area contributed by atoms with E-state index < -0.39 is 0 Å². The molecule has 2 rings (SSSR count). The molecule has 1 aromatic rings. The lowest BCUT2D eigenvalue weighted by molar-refractivity contribution is -0.145. The van der Waals surface area contributed by atoms with Crippen LogP contribution in [-0.4, -0.2) is 37.5 Å². The molecule has 1 aromatic heterocycles. The molecule has 0 saturated heterocycles. The highest BCUT2D eigenvalue weighted by Gasteiger charge is 2.23. The Bertz CT molecular complexity index is 473. The molecule has 19 heavy (non-hydrogen) atoms. The molecule has 0 fully saturated rings. The van der Waals surface area contributed by atoms with Crippen molar-refractivity contribution < 1.29 is 14.3 Å². The van der Waals surface area contributed by atoms with Crippen molar-refractivity contribution in [2.45, 2.75) is 26.2 Å². The molecular weight excluding hydrogens is 262 g/mol. The van der Waals surface area contributed by atoms with E-state index in [1.165, 1.54) is 24.0 Å². The molecule has 5 heteroatoms.